The van der Waals surface area contributed by atoms with Crippen LogP contribution in [0.15, 0.2) is 30.6 Å². The molecule has 3 rings (SSSR count). The molecule has 5 heteroatoms. The van der Waals surface area contributed by atoms with Crippen LogP contribution in [0.2, 0.25) is 0 Å². The van der Waals surface area contributed by atoms with E-state index in [1.807, 2.05) is 28.8 Å². The first kappa shape index (κ1) is 13.1. The molecule has 0 aliphatic heterocycles. The van der Waals surface area contributed by atoms with E-state index in [1.165, 1.54) is 6.42 Å². The van der Waals surface area contributed by atoms with E-state index in [2.05, 4.69) is 10.3 Å². The fraction of sp³-hybridized carbons (Fsp3) is 0.467. The van der Waals surface area contributed by atoms with Gasteiger partial charge in [-0.15, -0.1) is 0 Å². The quantitative estimate of drug-likeness (QED) is 0.895. The number of aliphatic hydroxyl groups excluding tert-OH is 1. The maximum absolute atomic E-state index is 12.3. The van der Waals surface area contributed by atoms with Gasteiger partial charge in [-0.05, 0) is 25.0 Å². The van der Waals surface area contributed by atoms with E-state index in [0.717, 1.165) is 31.3 Å². The van der Waals surface area contributed by atoms with E-state index in [9.17, 15) is 9.90 Å². The molecule has 1 fully saturated rings. The second kappa shape index (κ2) is 5.25. The van der Waals surface area contributed by atoms with Crippen LogP contribution in [0.4, 0.5) is 0 Å². The van der Waals surface area contributed by atoms with E-state index in [1.54, 1.807) is 6.20 Å². The average Bonchev–Trinajstić information content (AvgIpc) is 2.92. The summed E-state index contributed by atoms with van der Waals surface area (Å²) in [7, 11) is 0. The van der Waals surface area contributed by atoms with Gasteiger partial charge in [-0.3, -0.25) is 4.79 Å². The van der Waals surface area contributed by atoms with E-state index >= 15 is 0 Å². The Balaban J connectivity index is 1.81. The fourth-order valence-corrected chi connectivity index (χ4v) is 2.90. The predicted octanol–water partition coefficient (Wildman–Crippen LogP) is 1.76. The number of fused-ring (bicyclic) bond motifs is 1. The number of aromatic nitrogens is 2. The summed E-state index contributed by atoms with van der Waals surface area (Å²) < 4.78 is 1.82. The highest BCUT2D eigenvalue weighted by Crippen LogP contribution is 2.28. The number of rotatable bonds is 3. The summed E-state index contributed by atoms with van der Waals surface area (Å²) >= 11 is 0. The summed E-state index contributed by atoms with van der Waals surface area (Å²) in [6.07, 6.45) is 8.52. The molecule has 2 aromatic rings. The molecular weight excluding hydrogens is 254 g/mol. The normalized spacial score (nSPS) is 18.1. The Morgan fingerprint density at radius 2 is 2.15 bits per heavy atom. The molecule has 106 valence electrons. The first-order valence-corrected chi connectivity index (χ1v) is 7.10. The molecule has 0 unspecified atom stereocenters. The van der Waals surface area contributed by atoms with Crippen LogP contribution < -0.4 is 5.32 Å². The van der Waals surface area contributed by atoms with Crippen molar-refractivity contribution < 1.29 is 9.90 Å². The molecular formula is C15H19N3O2. The maximum atomic E-state index is 12.3. The Kier molecular flexibility index (Phi) is 3.44. The van der Waals surface area contributed by atoms with Gasteiger partial charge in [0.2, 0.25) is 0 Å². The third-order valence-corrected chi connectivity index (χ3v) is 4.09. The molecule has 20 heavy (non-hydrogen) atoms. The number of carbonyl (C=O) groups excluding carboxylic acids is 1. The van der Waals surface area contributed by atoms with Crippen LogP contribution in [0.5, 0.6) is 0 Å². The highest BCUT2D eigenvalue weighted by molar-refractivity contribution is 5.93. The number of hydrogen-bond donors (Lipinski definition) is 2. The van der Waals surface area contributed by atoms with Crippen LogP contribution in [-0.2, 0) is 0 Å². The molecule has 1 amide bonds. The molecule has 0 radical (unpaired) electrons. The van der Waals surface area contributed by atoms with Gasteiger partial charge >= 0.3 is 0 Å². The summed E-state index contributed by atoms with van der Waals surface area (Å²) in [5.74, 6) is -0.204. The Labute approximate surface area is 117 Å². The summed E-state index contributed by atoms with van der Waals surface area (Å²) in [5, 5.41) is 12.6. The van der Waals surface area contributed by atoms with Gasteiger partial charge < -0.3 is 14.8 Å². The van der Waals surface area contributed by atoms with Crippen LogP contribution in [0.1, 0.15) is 42.6 Å². The van der Waals surface area contributed by atoms with E-state index in [0.29, 0.717) is 5.69 Å². The number of pyridine rings is 1. The molecule has 0 spiro atoms. The smallest absolute Gasteiger partial charge is 0.272 e. The van der Waals surface area contributed by atoms with Crippen LogP contribution in [-0.4, -0.2) is 32.5 Å². The number of nitrogens with one attached hydrogen (secondary N) is 1. The van der Waals surface area contributed by atoms with Crippen molar-refractivity contribution >= 4 is 11.6 Å². The second-order valence-electron chi connectivity index (χ2n) is 5.55. The van der Waals surface area contributed by atoms with Crippen LogP contribution in [0.25, 0.3) is 5.65 Å². The molecule has 0 saturated heterocycles. The Hall–Kier alpha value is -1.88. The molecule has 0 aromatic carbocycles. The summed E-state index contributed by atoms with van der Waals surface area (Å²) in [4.78, 5) is 16.7. The minimum Gasteiger partial charge on any atom is -0.394 e. The topological polar surface area (TPSA) is 66.6 Å². The molecule has 2 heterocycles. The van der Waals surface area contributed by atoms with Gasteiger partial charge in [0, 0.05) is 12.4 Å². The molecule has 1 aliphatic rings. The standard InChI is InChI=1S/C15H19N3O2/c19-11-15(7-3-1-4-8-15)17-14(20)12-10-18-9-5-2-6-13(18)16-12/h2,5-6,9-10,19H,1,3-4,7-8,11H2,(H,17,20). The first-order valence-electron chi connectivity index (χ1n) is 7.10. The zero-order valence-electron chi connectivity index (χ0n) is 11.4. The van der Waals surface area contributed by atoms with E-state index in [-0.39, 0.29) is 12.5 Å². The first-order chi connectivity index (χ1) is 9.72. The fourth-order valence-electron chi connectivity index (χ4n) is 2.90. The maximum Gasteiger partial charge on any atom is 0.272 e. The van der Waals surface area contributed by atoms with Gasteiger partial charge in [0.1, 0.15) is 11.3 Å². The summed E-state index contributed by atoms with van der Waals surface area (Å²) in [6, 6.07) is 5.65. The van der Waals surface area contributed by atoms with Crippen molar-refractivity contribution in [2.45, 2.75) is 37.6 Å². The lowest BCUT2D eigenvalue weighted by Crippen LogP contribution is -2.52. The Bertz CT molecular complexity index is 581. The predicted molar refractivity (Wildman–Crippen MR) is 75.6 cm³/mol. The number of aliphatic hydroxyl groups is 1. The lowest BCUT2D eigenvalue weighted by molar-refractivity contribution is 0.0754. The molecule has 1 aliphatic carbocycles. The lowest BCUT2D eigenvalue weighted by Gasteiger charge is -2.36. The second-order valence-corrected chi connectivity index (χ2v) is 5.55. The lowest BCUT2D eigenvalue weighted by atomic mass is 9.82. The van der Waals surface area contributed by atoms with Gasteiger partial charge in [0.05, 0.1) is 12.1 Å². The number of nitrogens with zero attached hydrogens (tertiary/aromatic N) is 2. The third kappa shape index (κ3) is 2.41. The monoisotopic (exact) mass is 273 g/mol. The van der Waals surface area contributed by atoms with Gasteiger partial charge in [-0.25, -0.2) is 4.98 Å². The van der Waals surface area contributed by atoms with Crippen molar-refractivity contribution in [1.82, 2.24) is 14.7 Å². The minimum atomic E-state index is -0.467. The third-order valence-electron chi connectivity index (χ3n) is 4.09. The van der Waals surface area contributed by atoms with Crippen molar-refractivity contribution in [3.8, 4) is 0 Å². The zero-order chi connectivity index (χ0) is 14.0. The number of carbonyl (C=O) groups is 1. The van der Waals surface area contributed by atoms with Crippen molar-refractivity contribution in [1.29, 1.82) is 0 Å². The van der Waals surface area contributed by atoms with Crippen molar-refractivity contribution in [2.75, 3.05) is 6.61 Å². The van der Waals surface area contributed by atoms with E-state index < -0.39 is 5.54 Å². The minimum absolute atomic E-state index is 0.00783. The van der Waals surface area contributed by atoms with Gasteiger partial charge in [0.25, 0.3) is 5.91 Å². The number of hydrogen-bond acceptors (Lipinski definition) is 3. The van der Waals surface area contributed by atoms with Crippen LogP contribution in [0.3, 0.4) is 0 Å². The van der Waals surface area contributed by atoms with Crippen molar-refractivity contribution in [2.24, 2.45) is 0 Å². The molecule has 1 saturated carbocycles. The Morgan fingerprint density at radius 1 is 1.35 bits per heavy atom. The molecule has 2 aromatic heterocycles. The molecule has 0 atom stereocenters. The highest BCUT2D eigenvalue weighted by Gasteiger charge is 2.33. The number of amides is 1. The average molecular weight is 273 g/mol. The molecule has 2 N–H and O–H groups in total. The highest BCUT2D eigenvalue weighted by atomic mass is 16.3. The van der Waals surface area contributed by atoms with Crippen molar-refractivity contribution in [3.63, 3.8) is 0 Å². The zero-order valence-corrected chi connectivity index (χ0v) is 11.4. The largest absolute Gasteiger partial charge is 0.394 e. The summed E-state index contributed by atoms with van der Waals surface area (Å²) in [6.45, 7) is -0.00783. The van der Waals surface area contributed by atoms with Gasteiger partial charge in [-0.1, -0.05) is 25.3 Å². The van der Waals surface area contributed by atoms with Crippen LogP contribution >= 0.6 is 0 Å². The van der Waals surface area contributed by atoms with Crippen LogP contribution in [0, 0.1) is 0 Å². The van der Waals surface area contributed by atoms with Gasteiger partial charge in [-0.2, -0.15) is 0 Å². The number of imidazole rings is 1. The van der Waals surface area contributed by atoms with E-state index in [4.69, 9.17) is 0 Å². The molecule has 0 bridgehead atoms. The SMILES string of the molecule is O=C(NC1(CO)CCCCC1)c1cn2ccccc2n1. The van der Waals surface area contributed by atoms with Gasteiger partial charge in [0.15, 0.2) is 0 Å². The molecule has 5 nitrogen and oxygen atoms in total. The van der Waals surface area contributed by atoms with Crippen molar-refractivity contribution in [3.05, 3.63) is 36.3 Å². The Morgan fingerprint density at radius 3 is 2.85 bits per heavy atom. The summed E-state index contributed by atoms with van der Waals surface area (Å²) in [5.41, 5.74) is 0.680.